The third-order valence-corrected chi connectivity index (χ3v) is 6.02. The fourth-order valence-electron chi connectivity index (χ4n) is 4.39. The summed E-state index contributed by atoms with van der Waals surface area (Å²) in [4.78, 5) is 9.97. The van der Waals surface area contributed by atoms with Gasteiger partial charge in [-0.15, -0.1) is 0 Å². The first-order chi connectivity index (χ1) is 13.1. The summed E-state index contributed by atoms with van der Waals surface area (Å²) >= 11 is 6.40. The summed E-state index contributed by atoms with van der Waals surface area (Å²) in [6.45, 7) is 4.27. The molecule has 0 amide bonds. The van der Waals surface area contributed by atoms with Crippen LogP contribution in [0.1, 0.15) is 6.42 Å². The van der Waals surface area contributed by atoms with Crippen LogP contribution >= 0.6 is 11.6 Å². The van der Waals surface area contributed by atoms with E-state index in [0.717, 1.165) is 54.2 Å². The van der Waals surface area contributed by atoms with Gasteiger partial charge in [-0.2, -0.15) is 0 Å². The van der Waals surface area contributed by atoms with Gasteiger partial charge in [-0.3, -0.25) is 0 Å². The molecule has 1 saturated heterocycles. The van der Waals surface area contributed by atoms with Crippen molar-refractivity contribution in [3.8, 4) is 0 Å². The van der Waals surface area contributed by atoms with E-state index in [1.165, 1.54) is 22.0 Å². The highest BCUT2D eigenvalue weighted by Gasteiger charge is 2.22. The summed E-state index contributed by atoms with van der Waals surface area (Å²) in [5, 5.41) is 4.41. The second kappa shape index (κ2) is 6.39. The molecular weight excluding hydrogens is 356 g/mol. The fourth-order valence-corrected chi connectivity index (χ4v) is 4.56. The Balaban J connectivity index is 1.91. The van der Waals surface area contributed by atoms with E-state index < -0.39 is 0 Å². The van der Waals surface area contributed by atoms with Gasteiger partial charge in [0.25, 0.3) is 0 Å². The van der Waals surface area contributed by atoms with E-state index >= 15 is 0 Å². The van der Waals surface area contributed by atoms with Crippen LogP contribution in [-0.2, 0) is 7.05 Å². The number of halogens is 1. The molecule has 138 valence electrons. The molecule has 4 nitrogen and oxygen atoms in total. The topological polar surface area (TPSA) is 24.3 Å². The number of benzene rings is 2. The molecule has 3 heterocycles. The molecule has 2 aromatic heterocycles. The summed E-state index contributed by atoms with van der Waals surface area (Å²) in [5.41, 5.74) is 4.54. The summed E-state index contributed by atoms with van der Waals surface area (Å²) in [6, 6.07) is 14.7. The molecule has 1 aliphatic heterocycles. The summed E-state index contributed by atoms with van der Waals surface area (Å²) in [7, 11) is 4.32. The van der Waals surface area contributed by atoms with Crippen LogP contribution in [-0.4, -0.2) is 47.7 Å². The number of hydrogen-bond donors (Lipinski definition) is 0. The summed E-state index contributed by atoms with van der Waals surface area (Å²) in [6.07, 6.45) is 1.16. The second-order valence-corrected chi connectivity index (χ2v) is 7.98. The molecule has 5 heteroatoms. The standard InChI is InChI=1S/C22H23ClN4/c1-25-10-5-11-27(13-12-25)21-17-14-15(23)8-9-18(17)24-22-20(21)16-6-3-4-7-19(16)26(22)2/h3-4,6-9,14H,5,10-13H2,1-2H3. The van der Waals surface area contributed by atoms with E-state index in [0.29, 0.717) is 0 Å². The number of fused-ring (bicyclic) bond motifs is 4. The van der Waals surface area contributed by atoms with Crippen LogP contribution in [0, 0.1) is 0 Å². The molecule has 1 fully saturated rings. The first-order valence-corrected chi connectivity index (χ1v) is 9.91. The highest BCUT2D eigenvalue weighted by molar-refractivity contribution is 6.32. The maximum atomic E-state index is 6.40. The molecule has 4 aromatic rings. The molecule has 0 aliphatic carbocycles. The first kappa shape index (κ1) is 16.8. The Kier molecular flexibility index (Phi) is 3.99. The van der Waals surface area contributed by atoms with Gasteiger partial charge in [0.1, 0.15) is 5.65 Å². The van der Waals surface area contributed by atoms with Gasteiger partial charge >= 0.3 is 0 Å². The van der Waals surface area contributed by atoms with Crippen molar-refractivity contribution in [2.24, 2.45) is 7.05 Å². The number of likely N-dealkylation sites (N-methyl/N-ethyl adjacent to an activating group) is 1. The minimum atomic E-state index is 0.761. The van der Waals surface area contributed by atoms with Gasteiger partial charge in [0.05, 0.1) is 22.1 Å². The van der Waals surface area contributed by atoms with Crippen molar-refractivity contribution in [3.05, 3.63) is 47.5 Å². The predicted octanol–water partition coefficient (Wildman–Crippen LogP) is 4.68. The zero-order chi connectivity index (χ0) is 18.5. The molecule has 0 radical (unpaired) electrons. The lowest BCUT2D eigenvalue weighted by atomic mass is 10.1. The number of hydrogen-bond acceptors (Lipinski definition) is 3. The van der Waals surface area contributed by atoms with Crippen molar-refractivity contribution in [1.82, 2.24) is 14.5 Å². The highest BCUT2D eigenvalue weighted by Crippen LogP contribution is 2.40. The number of aromatic nitrogens is 2. The molecule has 0 spiro atoms. The Hall–Kier alpha value is -2.30. The van der Waals surface area contributed by atoms with Crippen molar-refractivity contribution in [2.75, 3.05) is 38.1 Å². The zero-order valence-corrected chi connectivity index (χ0v) is 16.5. The Morgan fingerprint density at radius 2 is 1.78 bits per heavy atom. The van der Waals surface area contributed by atoms with E-state index in [1.54, 1.807) is 0 Å². The van der Waals surface area contributed by atoms with Crippen LogP contribution in [0.5, 0.6) is 0 Å². The lowest BCUT2D eigenvalue weighted by Gasteiger charge is -2.25. The fraction of sp³-hybridized carbons (Fsp3) is 0.318. The zero-order valence-electron chi connectivity index (χ0n) is 15.7. The number of rotatable bonds is 1. The lowest BCUT2D eigenvalue weighted by Crippen LogP contribution is -2.29. The monoisotopic (exact) mass is 378 g/mol. The summed E-state index contributed by atoms with van der Waals surface area (Å²) < 4.78 is 2.21. The van der Waals surface area contributed by atoms with Gasteiger partial charge in [-0.25, -0.2) is 4.98 Å². The quantitative estimate of drug-likeness (QED) is 0.481. The maximum absolute atomic E-state index is 6.40. The maximum Gasteiger partial charge on any atom is 0.143 e. The molecule has 0 unspecified atom stereocenters. The van der Waals surface area contributed by atoms with Crippen LogP contribution in [0.15, 0.2) is 42.5 Å². The minimum Gasteiger partial charge on any atom is -0.369 e. The highest BCUT2D eigenvalue weighted by atomic mass is 35.5. The van der Waals surface area contributed by atoms with E-state index in [1.807, 2.05) is 12.1 Å². The Morgan fingerprint density at radius 1 is 0.926 bits per heavy atom. The first-order valence-electron chi connectivity index (χ1n) is 9.53. The number of nitrogens with zero attached hydrogens (tertiary/aromatic N) is 4. The Bertz CT molecular complexity index is 1160. The predicted molar refractivity (Wildman–Crippen MR) is 115 cm³/mol. The van der Waals surface area contributed by atoms with E-state index in [9.17, 15) is 0 Å². The van der Waals surface area contributed by atoms with E-state index in [4.69, 9.17) is 16.6 Å². The van der Waals surface area contributed by atoms with Gasteiger partial charge in [-0.1, -0.05) is 29.8 Å². The molecule has 0 N–H and O–H groups in total. The number of pyridine rings is 1. The van der Waals surface area contributed by atoms with Gasteiger partial charge in [-0.05, 0) is 44.3 Å². The number of para-hydroxylation sites is 1. The Labute approximate surface area is 163 Å². The van der Waals surface area contributed by atoms with Crippen LogP contribution in [0.2, 0.25) is 5.02 Å². The lowest BCUT2D eigenvalue weighted by molar-refractivity contribution is 0.360. The van der Waals surface area contributed by atoms with E-state index in [2.05, 4.69) is 58.8 Å². The Morgan fingerprint density at radius 3 is 2.67 bits per heavy atom. The molecular formula is C22H23ClN4. The van der Waals surface area contributed by atoms with Crippen LogP contribution < -0.4 is 4.90 Å². The average Bonchev–Trinajstić information content (AvgIpc) is 2.81. The van der Waals surface area contributed by atoms with E-state index in [-0.39, 0.29) is 0 Å². The molecule has 0 saturated carbocycles. The molecule has 2 aromatic carbocycles. The van der Waals surface area contributed by atoms with Crippen molar-refractivity contribution >= 4 is 50.1 Å². The van der Waals surface area contributed by atoms with Gasteiger partial charge in [0.15, 0.2) is 0 Å². The normalized spacial score (nSPS) is 16.5. The molecule has 27 heavy (non-hydrogen) atoms. The molecule has 0 bridgehead atoms. The number of anilines is 1. The third kappa shape index (κ3) is 2.67. The van der Waals surface area contributed by atoms with Crippen molar-refractivity contribution in [3.63, 3.8) is 0 Å². The smallest absolute Gasteiger partial charge is 0.143 e. The largest absolute Gasteiger partial charge is 0.369 e. The van der Waals surface area contributed by atoms with Crippen LogP contribution in [0.25, 0.3) is 32.8 Å². The van der Waals surface area contributed by atoms with Crippen LogP contribution in [0.3, 0.4) is 0 Å². The van der Waals surface area contributed by atoms with Crippen LogP contribution in [0.4, 0.5) is 5.69 Å². The minimum absolute atomic E-state index is 0.761. The van der Waals surface area contributed by atoms with Crippen molar-refractivity contribution in [1.29, 1.82) is 0 Å². The van der Waals surface area contributed by atoms with Crippen molar-refractivity contribution in [2.45, 2.75) is 6.42 Å². The van der Waals surface area contributed by atoms with Gasteiger partial charge in [0, 0.05) is 42.5 Å². The van der Waals surface area contributed by atoms with Crippen molar-refractivity contribution < 1.29 is 0 Å². The average molecular weight is 379 g/mol. The molecule has 0 atom stereocenters. The molecule has 1 aliphatic rings. The van der Waals surface area contributed by atoms with Gasteiger partial charge in [0.2, 0.25) is 0 Å². The second-order valence-electron chi connectivity index (χ2n) is 7.54. The SMILES string of the molecule is CN1CCCN(c2c3cc(Cl)ccc3nc3c2c2ccccc2n3C)CC1. The van der Waals surface area contributed by atoms with Gasteiger partial charge < -0.3 is 14.4 Å². The molecule has 5 rings (SSSR count). The number of aryl methyl sites for hydroxylation is 1. The summed E-state index contributed by atoms with van der Waals surface area (Å²) in [5.74, 6) is 0. The third-order valence-electron chi connectivity index (χ3n) is 5.79.